The zero-order valence-corrected chi connectivity index (χ0v) is 19.3. The Kier molecular flexibility index (Phi) is 7.87. The van der Waals surface area contributed by atoms with Crippen molar-refractivity contribution in [2.24, 2.45) is 10.2 Å². The fourth-order valence-electron chi connectivity index (χ4n) is 2.92. The van der Waals surface area contributed by atoms with Gasteiger partial charge in [-0.15, -0.1) is 0 Å². The van der Waals surface area contributed by atoms with Gasteiger partial charge >= 0.3 is 6.18 Å². The molecule has 0 unspecified atom stereocenters. The Bertz CT molecular complexity index is 1320. The quantitative estimate of drug-likeness (QED) is 0.382. The minimum Gasteiger partial charge on any atom is -0.337 e. The first-order valence-electron chi connectivity index (χ1n) is 10.0. The summed E-state index contributed by atoms with van der Waals surface area (Å²) >= 11 is 6.08. The number of aryl methyl sites for hydroxylation is 1. The van der Waals surface area contributed by atoms with Crippen molar-refractivity contribution in [2.45, 2.75) is 20.0 Å². The Balaban J connectivity index is 1.93. The van der Waals surface area contributed by atoms with Crippen LogP contribution in [-0.4, -0.2) is 45.2 Å². The van der Waals surface area contributed by atoms with Crippen LogP contribution in [0.3, 0.4) is 0 Å². The number of anilines is 1. The van der Waals surface area contributed by atoms with Crippen molar-refractivity contribution in [3.8, 4) is 0 Å². The molecule has 0 saturated carbocycles. The molecule has 9 nitrogen and oxygen atoms in total. The van der Waals surface area contributed by atoms with Crippen LogP contribution in [0.1, 0.15) is 12.6 Å². The number of alkyl halides is 3. The van der Waals surface area contributed by atoms with E-state index >= 15 is 0 Å². The molecular formula is C22H20ClF3N8O. The van der Waals surface area contributed by atoms with Crippen molar-refractivity contribution in [3.05, 3.63) is 76.5 Å². The predicted octanol–water partition coefficient (Wildman–Crippen LogP) is 4.46. The topological polar surface area (TPSA) is 110 Å². The van der Waals surface area contributed by atoms with Gasteiger partial charge in [0, 0.05) is 18.6 Å². The molecule has 2 aromatic rings. The predicted molar refractivity (Wildman–Crippen MR) is 129 cm³/mol. The summed E-state index contributed by atoms with van der Waals surface area (Å²) in [6.45, 7) is 3.49. The average molecular weight is 505 g/mol. The maximum atomic E-state index is 14.0. The molecule has 0 aliphatic carbocycles. The van der Waals surface area contributed by atoms with E-state index in [2.05, 4.69) is 25.8 Å². The summed E-state index contributed by atoms with van der Waals surface area (Å²) in [4.78, 5) is 17.0. The second-order valence-corrected chi connectivity index (χ2v) is 7.44. The Morgan fingerprint density at radius 1 is 1.29 bits per heavy atom. The zero-order chi connectivity index (χ0) is 25.6. The van der Waals surface area contributed by atoms with Crippen LogP contribution in [0.5, 0.6) is 0 Å². The van der Waals surface area contributed by atoms with Crippen molar-refractivity contribution in [2.75, 3.05) is 5.32 Å². The molecule has 182 valence electrons. The van der Waals surface area contributed by atoms with Crippen LogP contribution in [0, 0.1) is 12.3 Å². The molecule has 13 heteroatoms. The number of rotatable bonds is 7. The highest BCUT2D eigenvalue weighted by molar-refractivity contribution is 6.31. The van der Waals surface area contributed by atoms with Crippen LogP contribution >= 0.6 is 11.6 Å². The van der Waals surface area contributed by atoms with Gasteiger partial charge in [0.25, 0.3) is 5.91 Å². The van der Waals surface area contributed by atoms with Crippen LogP contribution in [0.2, 0.25) is 0 Å². The molecule has 0 bridgehead atoms. The first-order valence-corrected chi connectivity index (χ1v) is 10.4. The summed E-state index contributed by atoms with van der Waals surface area (Å²) < 4.78 is 43.4. The van der Waals surface area contributed by atoms with Crippen molar-refractivity contribution in [1.29, 1.82) is 5.41 Å². The van der Waals surface area contributed by atoms with Gasteiger partial charge in [0.1, 0.15) is 17.2 Å². The first-order chi connectivity index (χ1) is 16.6. The SMILES string of the molecule is CC=C/C=N\N1C=C(Cl)C=C(NC(=O)/C(C=N)=C(/Nc2cccc3nc(C)cn23)C(F)(F)F)C=N1. The summed E-state index contributed by atoms with van der Waals surface area (Å²) in [7, 11) is 0. The number of fused-ring (bicyclic) bond motifs is 1. The monoisotopic (exact) mass is 504 g/mol. The number of amides is 1. The molecule has 2 aromatic heterocycles. The zero-order valence-electron chi connectivity index (χ0n) is 18.5. The fourth-order valence-corrected chi connectivity index (χ4v) is 3.12. The number of nitrogens with zero attached hydrogens (tertiary/aromatic N) is 5. The summed E-state index contributed by atoms with van der Waals surface area (Å²) in [6, 6.07) is 4.54. The second-order valence-electron chi connectivity index (χ2n) is 7.00. The third-order valence-corrected chi connectivity index (χ3v) is 4.58. The number of carbonyl (C=O) groups is 1. The molecule has 35 heavy (non-hydrogen) atoms. The Morgan fingerprint density at radius 2 is 2.06 bits per heavy atom. The number of pyridine rings is 1. The Morgan fingerprint density at radius 3 is 2.74 bits per heavy atom. The maximum Gasteiger partial charge on any atom is 0.432 e. The third-order valence-electron chi connectivity index (χ3n) is 4.38. The van der Waals surface area contributed by atoms with Crippen LogP contribution in [0.4, 0.5) is 19.0 Å². The highest BCUT2D eigenvalue weighted by Gasteiger charge is 2.38. The lowest BCUT2D eigenvalue weighted by molar-refractivity contribution is -0.117. The van der Waals surface area contributed by atoms with Crippen molar-refractivity contribution in [1.82, 2.24) is 19.8 Å². The summed E-state index contributed by atoms with van der Waals surface area (Å²) in [5.41, 5.74) is -1.37. The van der Waals surface area contributed by atoms with E-state index in [1.165, 1.54) is 35.0 Å². The number of nitrogens with one attached hydrogen (secondary N) is 3. The van der Waals surface area contributed by atoms with E-state index < -0.39 is 23.4 Å². The molecule has 1 amide bonds. The van der Waals surface area contributed by atoms with E-state index in [4.69, 9.17) is 17.0 Å². The van der Waals surface area contributed by atoms with Gasteiger partial charge in [0.2, 0.25) is 0 Å². The number of halogens is 4. The van der Waals surface area contributed by atoms with E-state index in [9.17, 15) is 18.0 Å². The molecule has 1 aliphatic rings. The molecule has 0 radical (unpaired) electrons. The molecule has 0 fully saturated rings. The lowest BCUT2D eigenvalue weighted by atomic mass is 10.1. The van der Waals surface area contributed by atoms with Crippen molar-refractivity contribution < 1.29 is 18.0 Å². The van der Waals surface area contributed by atoms with Crippen molar-refractivity contribution in [3.63, 3.8) is 0 Å². The van der Waals surface area contributed by atoms with Crippen LogP contribution in [0.25, 0.3) is 5.65 Å². The molecule has 3 N–H and O–H groups in total. The number of hydrazone groups is 2. The van der Waals surface area contributed by atoms with Crippen molar-refractivity contribution >= 4 is 47.6 Å². The van der Waals surface area contributed by atoms with Gasteiger partial charge in [-0.2, -0.15) is 28.5 Å². The normalized spacial score (nSPS) is 15.2. The van der Waals surface area contributed by atoms with Gasteiger partial charge in [-0.1, -0.05) is 23.7 Å². The molecule has 0 saturated heterocycles. The number of carbonyl (C=O) groups excluding carboxylic acids is 1. The molecule has 3 heterocycles. The first kappa shape index (κ1) is 25.4. The summed E-state index contributed by atoms with van der Waals surface area (Å²) in [5.74, 6) is -1.18. The number of aromatic nitrogens is 2. The van der Waals surface area contributed by atoms with Gasteiger partial charge in [-0.3, -0.25) is 9.20 Å². The Hall–Kier alpha value is -4.19. The standard InChI is InChI=1S/C22H20ClF3N8O/c1-3-4-8-28-34-13-15(23)9-16(11-29-34)31-21(35)17(10-27)20(22(24,25)26)32-19-7-5-6-18-30-14(2)12-33(18)19/h3-13,27,32H,1-2H3,(H,31,35)/b4-3?,20-17+,27-10?,28-8-. The number of hydrogen-bond acceptors (Lipinski definition) is 7. The third kappa shape index (κ3) is 6.44. The van der Waals surface area contributed by atoms with Gasteiger partial charge in [0.05, 0.1) is 34.4 Å². The van der Waals surface area contributed by atoms with Gasteiger partial charge in [0.15, 0.2) is 0 Å². The minimum atomic E-state index is -4.98. The van der Waals surface area contributed by atoms with E-state index in [-0.39, 0.29) is 16.5 Å². The smallest absolute Gasteiger partial charge is 0.337 e. The number of imidazole rings is 1. The summed E-state index contributed by atoms with van der Waals surface area (Å²) in [5, 5.41) is 21.2. The highest BCUT2D eigenvalue weighted by Crippen LogP contribution is 2.30. The number of hydrogen-bond donors (Lipinski definition) is 3. The van der Waals surface area contributed by atoms with Gasteiger partial charge < -0.3 is 16.0 Å². The van der Waals surface area contributed by atoms with Crippen LogP contribution in [-0.2, 0) is 4.79 Å². The fraction of sp³-hybridized carbons (Fsp3) is 0.136. The minimum absolute atomic E-state index is 0.00630. The average Bonchev–Trinajstić information content (AvgIpc) is 3.08. The van der Waals surface area contributed by atoms with E-state index in [0.29, 0.717) is 17.6 Å². The van der Waals surface area contributed by atoms with E-state index in [1.54, 1.807) is 38.3 Å². The van der Waals surface area contributed by atoms with Crippen LogP contribution < -0.4 is 10.6 Å². The molecule has 1 aliphatic heterocycles. The van der Waals surface area contributed by atoms with E-state index in [1.807, 2.05) is 0 Å². The molecule has 0 atom stereocenters. The largest absolute Gasteiger partial charge is 0.432 e. The summed E-state index contributed by atoms with van der Waals surface area (Å²) in [6.07, 6.45) is 5.50. The molecule has 3 rings (SSSR count). The van der Waals surface area contributed by atoms with E-state index in [0.717, 1.165) is 11.3 Å². The van der Waals surface area contributed by atoms with Gasteiger partial charge in [-0.25, -0.2) is 4.98 Å². The lowest BCUT2D eigenvalue weighted by Gasteiger charge is -2.18. The Labute approximate surface area is 203 Å². The molecule has 0 spiro atoms. The second kappa shape index (κ2) is 10.8. The van der Waals surface area contributed by atoms with Gasteiger partial charge in [-0.05, 0) is 38.1 Å². The highest BCUT2D eigenvalue weighted by atomic mass is 35.5. The maximum absolute atomic E-state index is 14.0. The number of allylic oxidation sites excluding steroid dienone is 6. The lowest BCUT2D eigenvalue weighted by Crippen LogP contribution is -2.32. The molecule has 0 aromatic carbocycles. The van der Waals surface area contributed by atoms with Crippen LogP contribution in [0.15, 0.2) is 81.0 Å². The molecular weight excluding hydrogens is 485 g/mol.